The Balaban J connectivity index is 2.39. The van der Waals surface area contributed by atoms with E-state index in [1.807, 2.05) is 20.9 Å². The van der Waals surface area contributed by atoms with Gasteiger partial charge in [-0.2, -0.15) is 4.31 Å². The summed E-state index contributed by atoms with van der Waals surface area (Å²) in [7, 11) is -1.81. The lowest BCUT2D eigenvalue weighted by atomic mass is 10.0. The van der Waals surface area contributed by atoms with Gasteiger partial charge in [-0.15, -0.1) is 0 Å². The van der Waals surface area contributed by atoms with Gasteiger partial charge < -0.3 is 5.73 Å². The van der Waals surface area contributed by atoms with Crippen LogP contribution in [0.25, 0.3) is 0 Å². The van der Waals surface area contributed by atoms with Gasteiger partial charge in [0.15, 0.2) is 0 Å². The van der Waals surface area contributed by atoms with E-state index in [1.54, 1.807) is 0 Å². The van der Waals surface area contributed by atoms with Gasteiger partial charge >= 0.3 is 0 Å². The van der Waals surface area contributed by atoms with Gasteiger partial charge in [0.25, 0.3) is 0 Å². The number of rotatable bonds is 2. The molecule has 7 heteroatoms. The first-order valence-corrected chi connectivity index (χ1v) is 7.85. The summed E-state index contributed by atoms with van der Waals surface area (Å²) in [5.74, 6) is -0.709. The van der Waals surface area contributed by atoms with E-state index in [4.69, 9.17) is 5.73 Å². The van der Waals surface area contributed by atoms with Gasteiger partial charge in [-0.05, 0) is 33.0 Å². The number of para-hydroxylation sites is 1. The van der Waals surface area contributed by atoms with Gasteiger partial charge in [0.1, 0.15) is 10.7 Å². The molecule has 112 valence electrons. The van der Waals surface area contributed by atoms with Gasteiger partial charge in [0, 0.05) is 25.2 Å². The highest BCUT2D eigenvalue weighted by atomic mass is 32.2. The first kappa shape index (κ1) is 15.2. The van der Waals surface area contributed by atoms with E-state index in [0.717, 1.165) is 6.07 Å². The van der Waals surface area contributed by atoms with Crippen LogP contribution in [0.5, 0.6) is 0 Å². The molecule has 0 aromatic heterocycles. The van der Waals surface area contributed by atoms with Crippen molar-refractivity contribution in [3.05, 3.63) is 24.0 Å². The molecule has 0 spiro atoms. The Hall–Kier alpha value is -1.18. The van der Waals surface area contributed by atoms with E-state index in [9.17, 15) is 12.8 Å². The van der Waals surface area contributed by atoms with Gasteiger partial charge in [0.2, 0.25) is 10.0 Å². The highest BCUT2D eigenvalue weighted by Crippen LogP contribution is 2.28. The summed E-state index contributed by atoms with van der Waals surface area (Å²) in [5.41, 5.74) is 4.99. The lowest BCUT2D eigenvalue weighted by Crippen LogP contribution is -2.58. The summed E-state index contributed by atoms with van der Waals surface area (Å²) < 4.78 is 40.1. The topological polar surface area (TPSA) is 66.6 Å². The van der Waals surface area contributed by atoms with Crippen LogP contribution in [0.3, 0.4) is 0 Å². The summed E-state index contributed by atoms with van der Waals surface area (Å²) in [6, 6.07) is 3.86. The number of nitrogens with two attached hydrogens (primary N) is 1. The number of benzene rings is 1. The molecule has 1 aromatic carbocycles. The third kappa shape index (κ3) is 2.53. The van der Waals surface area contributed by atoms with Crippen LogP contribution >= 0.6 is 0 Å². The summed E-state index contributed by atoms with van der Waals surface area (Å²) in [6.07, 6.45) is 0. The molecule has 1 fully saturated rings. The number of hydrogen-bond acceptors (Lipinski definition) is 4. The molecule has 0 unspecified atom stereocenters. The van der Waals surface area contributed by atoms with Gasteiger partial charge in [0.05, 0.1) is 5.69 Å². The van der Waals surface area contributed by atoms with Crippen molar-refractivity contribution in [2.45, 2.75) is 24.3 Å². The number of anilines is 1. The number of piperazine rings is 1. The molecule has 20 heavy (non-hydrogen) atoms. The third-order valence-electron chi connectivity index (χ3n) is 3.91. The Morgan fingerprint density at radius 2 is 1.95 bits per heavy atom. The smallest absolute Gasteiger partial charge is 0.245 e. The van der Waals surface area contributed by atoms with E-state index >= 15 is 0 Å². The van der Waals surface area contributed by atoms with E-state index in [0.29, 0.717) is 19.6 Å². The predicted molar refractivity (Wildman–Crippen MR) is 76.3 cm³/mol. The van der Waals surface area contributed by atoms with E-state index in [1.165, 1.54) is 16.4 Å². The summed E-state index contributed by atoms with van der Waals surface area (Å²) in [6.45, 7) is 5.30. The highest BCUT2D eigenvalue weighted by Gasteiger charge is 2.38. The molecular formula is C13H20FN3O2S. The van der Waals surface area contributed by atoms with Crippen LogP contribution < -0.4 is 5.73 Å². The minimum atomic E-state index is -3.77. The molecule has 5 nitrogen and oxygen atoms in total. The maximum Gasteiger partial charge on any atom is 0.245 e. The first-order valence-electron chi connectivity index (χ1n) is 6.41. The molecule has 1 aliphatic heterocycles. The van der Waals surface area contributed by atoms with Crippen LogP contribution in [0.1, 0.15) is 13.8 Å². The van der Waals surface area contributed by atoms with Crippen molar-refractivity contribution in [3.8, 4) is 0 Å². The Morgan fingerprint density at radius 1 is 1.30 bits per heavy atom. The zero-order chi connectivity index (χ0) is 15.1. The van der Waals surface area contributed by atoms with Gasteiger partial charge in [-0.25, -0.2) is 12.8 Å². The number of sulfonamides is 1. The monoisotopic (exact) mass is 301 g/mol. The lowest BCUT2D eigenvalue weighted by molar-refractivity contribution is 0.0802. The normalized spacial score (nSPS) is 21.0. The number of halogens is 1. The Labute approximate surface area is 119 Å². The SMILES string of the molecule is CN1CCN(S(=O)(=O)c2cccc(F)c2N)CC1(C)C. The Kier molecular flexibility index (Phi) is 3.79. The standard InChI is InChI=1S/C13H20FN3O2S/c1-13(2)9-17(8-7-16(13)3)20(18,19)11-6-4-5-10(14)12(11)15/h4-6H,7-9,15H2,1-3H3. The minimum Gasteiger partial charge on any atom is -0.395 e. The average Bonchev–Trinajstić information content (AvgIpc) is 2.35. The Bertz CT molecular complexity index is 616. The average molecular weight is 301 g/mol. The van der Waals surface area contributed by atoms with Crippen LogP contribution in [-0.2, 0) is 10.0 Å². The maximum absolute atomic E-state index is 13.5. The second kappa shape index (κ2) is 4.98. The second-order valence-electron chi connectivity index (χ2n) is 5.72. The van der Waals surface area contributed by atoms with Crippen LogP contribution in [-0.4, -0.2) is 49.8 Å². The van der Waals surface area contributed by atoms with E-state index in [2.05, 4.69) is 4.90 Å². The summed E-state index contributed by atoms with van der Waals surface area (Å²) >= 11 is 0. The molecule has 1 aromatic rings. The fourth-order valence-corrected chi connectivity index (χ4v) is 3.99. The Morgan fingerprint density at radius 3 is 2.55 bits per heavy atom. The van der Waals surface area contributed by atoms with Crippen molar-refractivity contribution in [1.29, 1.82) is 0 Å². The molecule has 1 saturated heterocycles. The van der Waals surface area contributed by atoms with Crippen molar-refractivity contribution >= 4 is 15.7 Å². The van der Waals surface area contributed by atoms with Crippen molar-refractivity contribution in [2.24, 2.45) is 0 Å². The van der Waals surface area contributed by atoms with Crippen molar-refractivity contribution in [3.63, 3.8) is 0 Å². The number of nitrogens with zero attached hydrogens (tertiary/aromatic N) is 2. The molecule has 2 rings (SSSR count). The van der Waals surface area contributed by atoms with Gasteiger partial charge in [-0.1, -0.05) is 6.07 Å². The van der Waals surface area contributed by atoms with Crippen LogP contribution in [0.2, 0.25) is 0 Å². The van der Waals surface area contributed by atoms with Crippen LogP contribution in [0.4, 0.5) is 10.1 Å². The number of nitrogen functional groups attached to an aromatic ring is 1. The minimum absolute atomic E-state index is 0.155. The zero-order valence-corrected chi connectivity index (χ0v) is 12.7. The summed E-state index contributed by atoms with van der Waals surface area (Å²) in [4.78, 5) is 1.95. The molecule has 0 saturated carbocycles. The van der Waals surface area contributed by atoms with E-state index in [-0.39, 0.29) is 16.1 Å². The number of hydrogen-bond donors (Lipinski definition) is 1. The molecule has 1 aliphatic rings. The molecule has 0 atom stereocenters. The number of likely N-dealkylation sites (N-methyl/N-ethyl adjacent to an activating group) is 1. The third-order valence-corrected chi connectivity index (χ3v) is 5.82. The van der Waals surface area contributed by atoms with Crippen LogP contribution in [0.15, 0.2) is 23.1 Å². The van der Waals surface area contributed by atoms with Gasteiger partial charge in [-0.3, -0.25) is 4.90 Å². The van der Waals surface area contributed by atoms with Crippen molar-refractivity contribution < 1.29 is 12.8 Å². The molecule has 0 amide bonds. The first-order chi connectivity index (χ1) is 9.16. The predicted octanol–water partition coefficient (Wildman–Crippen LogP) is 1.12. The maximum atomic E-state index is 13.5. The molecule has 0 aliphatic carbocycles. The summed E-state index contributed by atoms with van der Waals surface area (Å²) in [5, 5.41) is 0. The fourth-order valence-electron chi connectivity index (χ4n) is 2.28. The lowest BCUT2D eigenvalue weighted by Gasteiger charge is -2.44. The van der Waals surface area contributed by atoms with E-state index < -0.39 is 15.8 Å². The molecule has 0 bridgehead atoms. The van der Waals surface area contributed by atoms with Crippen molar-refractivity contribution in [2.75, 3.05) is 32.4 Å². The van der Waals surface area contributed by atoms with Crippen LogP contribution in [0, 0.1) is 5.82 Å². The van der Waals surface area contributed by atoms with Crippen molar-refractivity contribution in [1.82, 2.24) is 9.21 Å². The highest BCUT2D eigenvalue weighted by molar-refractivity contribution is 7.89. The molecule has 2 N–H and O–H groups in total. The second-order valence-corrected chi connectivity index (χ2v) is 7.63. The fraction of sp³-hybridized carbons (Fsp3) is 0.538. The molecular weight excluding hydrogens is 281 g/mol. The largest absolute Gasteiger partial charge is 0.395 e. The molecule has 0 radical (unpaired) electrons. The quantitative estimate of drug-likeness (QED) is 0.831. The molecule has 1 heterocycles. The zero-order valence-electron chi connectivity index (χ0n) is 11.9.